The summed E-state index contributed by atoms with van der Waals surface area (Å²) >= 11 is 3.22. The second-order valence-corrected chi connectivity index (χ2v) is 6.69. The van der Waals surface area contributed by atoms with Gasteiger partial charge >= 0.3 is 6.18 Å². The summed E-state index contributed by atoms with van der Waals surface area (Å²) in [4.78, 5) is 18.3. The third kappa shape index (κ3) is 4.12. The first-order valence-corrected chi connectivity index (χ1v) is 8.52. The van der Waals surface area contributed by atoms with E-state index in [0.717, 1.165) is 38.1 Å². The van der Waals surface area contributed by atoms with Gasteiger partial charge in [-0.2, -0.15) is 13.2 Å². The molecule has 2 aromatic rings. The average Bonchev–Trinajstić information content (AvgIpc) is 3.08. The van der Waals surface area contributed by atoms with E-state index in [1.54, 1.807) is 6.07 Å². The topological polar surface area (TPSA) is 45.2 Å². The smallest absolute Gasteiger partial charge is 0.370 e. The van der Waals surface area contributed by atoms with Crippen LogP contribution < -0.4 is 10.2 Å². The van der Waals surface area contributed by atoms with Gasteiger partial charge in [0.1, 0.15) is 0 Å². The molecule has 1 amide bonds. The minimum Gasteiger partial charge on any atom is -0.370 e. The van der Waals surface area contributed by atoms with Gasteiger partial charge in [-0.15, -0.1) is 0 Å². The Labute approximate surface area is 151 Å². The number of pyridine rings is 1. The molecule has 0 unspecified atom stereocenters. The Balaban J connectivity index is 1.95. The summed E-state index contributed by atoms with van der Waals surface area (Å²) in [7, 11) is 0. The number of anilines is 2. The number of alkyl halides is 3. The van der Waals surface area contributed by atoms with Gasteiger partial charge in [-0.3, -0.25) is 9.78 Å². The third-order valence-corrected chi connectivity index (χ3v) is 4.42. The highest BCUT2D eigenvalue weighted by atomic mass is 79.9. The van der Waals surface area contributed by atoms with Crippen LogP contribution in [-0.4, -0.2) is 24.0 Å². The van der Waals surface area contributed by atoms with Gasteiger partial charge in [0.05, 0.1) is 22.5 Å². The Morgan fingerprint density at radius 1 is 1.16 bits per heavy atom. The molecule has 1 aromatic carbocycles. The van der Waals surface area contributed by atoms with E-state index in [4.69, 9.17) is 0 Å². The van der Waals surface area contributed by atoms with Crippen molar-refractivity contribution in [2.45, 2.75) is 19.0 Å². The molecule has 3 rings (SSSR count). The molecule has 1 aliphatic heterocycles. The van der Waals surface area contributed by atoms with Crippen molar-refractivity contribution in [1.82, 2.24) is 4.98 Å². The number of benzene rings is 1. The molecule has 4 nitrogen and oxygen atoms in total. The highest BCUT2D eigenvalue weighted by Gasteiger charge is 2.32. The Hall–Kier alpha value is -2.09. The summed E-state index contributed by atoms with van der Waals surface area (Å²) in [5.41, 5.74) is 0.223. The minimum atomic E-state index is -4.47. The number of hydrogen-bond acceptors (Lipinski definition) is 3. The van der Waals surface area contributed by atoms with Crippen LogP contribution in [0.3, 0.4) is 0 Å². The maximum absolute atomic E-state index is 13.0. The number of halogens is 4. The monoisotopic (exact) mass is 413 g/mol. The van der Waals surface area contributed by atoms with Crippen LogP contribution in [0.15, 0.2) is 41.1 Å². The fourth-order valence-electron chi connectivity index (χ4n) is 2.78. The standard InChI is InChI=1S/C17H15BrF3N3O/c18-13-7-11(9-22-10-13)16(25)23-14-8-12(17(19,20)21)3-4-15(14)24-5-1-2-6-24/h3-4,7-10H,1-2,5-6H2,(H,23,25). The molecule has 0 aliphatic carbocycles. The summed E-state index contributed by atoms with van der Waals surface area (Å²) in [6, 6.07) is 5.01. The van der Waals surface area contributed by atoms with E-state index in [-0.39, 0.29) is 11.3 Å². The van der Waals surface area contributed by atoms with Crippen molar-refractivity contribution in [3.05, 3.63) is 52.3 Å². The molecule has 1 N–H and O–H groups in total. The number of carbonyl (C=O) groups excluding carboxylic acids is 1. The van der Waals surface area contributed by atoms with Crippen molar-refractivity contribution in [3.63, 3.8) is 0 Å². The number of amides is 1. The third-order valence-electron chi connectivity index (χ3n) is 3.99. The van der Waals surface area contributed by atoms with Crippen LogP contribution in [0.4, 0.5) is 24.5 Å². The molecule has 0 spiro atoms. The van der Waals surface area contributed by atoms with Crippen LogP contribution in [0.5, 0.6) is 0 Å². The molecular formula is C17H15BrF3N3O. The Morgan fingerprint density at radius 3 is 2.52 bits per heavy atom. The molecule has 0 saturated carbocycles. The zero-order valence-corrected chi connectivity index (χ0v) is 14.7. The van der Waals surface area contributed by atoms with Crippen LogP contribution >= 0.6 is 15.9 Å². The van der Waals surface area contributed by atoms with Gasteiger partial charge in [-0.05, 0) is 53.0 Å². The lowest BCUT2D eigenvalue weighted by Crippen LogP contribution is -2.22. The maximum Gasteiger partial charge on any atom is 0.416 e. The number of hydrogen-bond donors (Lipinski definition) is 1. The molecule has 25 heavy (non-hydrogen) atoms. The van der Waals surface area contributed by atoms with Crippen molar-refractivity contribution in [3.8, 4) is 0 Å². The van der Waals surface area contributed by atoms with Crippen molar-refractivity contribution >= 4 is 33.2 Å². The van der Waals surface area contributed by atoms with E-state index in [1.807, 2.05) is 4.90 Å². The zero-order valence-electron chi connectivity index (χ0n) is 13.1. The van der Waals surface area contributed by atoms with Crippen molar-refractivity contribution in [1.29, 1.82) is 0 Å². The number of aromatic nitrogens is 1. The molecule has 1 aliphatic rings. The Bertz CT molecular complexity index is 789. The van der Waals surface area contributed by atoms with Crippen molar-refractivity contribution < 1.29 is 18.0 Å². The van der Waals surface area contributed by atoms with Gasteiger partial charge in [0.25, 0.3) is 5.91 Å². The molecule has 1 fully saturated rings. The van der Waals surface area contributed by atoms with Crippen molar-refractivity contribution in [2.24, 2.45) is 0 Å². The van der Waals surface area contributed by atoms with Gasteiger partial charge in [0, 0.05) is 30.0 Å². The summed E-state index contributed by atoms with van der Waals surface area (Å²) in [5.74, 6) is -0.506. The first-order chi connectivity index (χ1) is 11.8. The van der Waals surface area contributed by atoms with Gasteiger partial charge in [0.2, 0.25) is 0 Å². The maximum atomic E-state index is 13.0. The van der Waals surface area contributed by atoms with Crippen LogP contribution in [0.1, 0.15) is 28.8 Å². The van der Waals surface area contributed by atoms with E-state index in [1.165, 1.54) is 18.5 Å². The van der Waals surface area contributed by atoms with E-state index in [0.29, 0.717) is 10.2 Å². The van der Waals surface area contributed by atoms with Crippen LogP contribution in [0.25, 0.3) is 0 Å². The summed E-state index contributed by atoms with van der Waals surface area (Å²) in [6.45, 7) is 1.51. The molecular weight excluding hydrogens is 399 g/mol. The highest BCUT2D eigenvalue weighted by molar-refractivity contribution is 9.10. The Kier molecular flexibility index (Phi) is 4.99. The number of carbonyl (C=O) groups is 1. The predicted molar refractivity (Wildman–Crippen MR) is 92.8 cm³/mol. The lowest BCUT2D eigenvalue weighted by atomic mass is 10.1. The molecule has 0 radical (unpaired) electrons. The fraction of sp³-hybridized carbons (Fsp3) is 0.294. The van der Waals surface area contributed by atoms with Crippen molar-refractivity contribution in [2.75, 3.05) is 23.3 Å². The molecule has 1 saturated heterocycles. The number of nitrogens with one attached hydrogen (secondary N) is 1. The summed E-state index contributed by atoms with van der Waals surface area (Å²) < 4.78 is 39.8. The zero-order chi connectivity index (χ0) is 18.0. The summed E-state index contributed by atoms with van der Waals surface area (Å²) in [6.07, 6.45) is 0.369. The van der Waals surface area contributed by atoms with E-state index >= 15 is 0 Å². The van der Waals surface area contributed by atoms with E-state index < -0.39 is 17.6 Å². The predicted octanol–water partition coefficient (Wildman–Crippen LogP) is 4.72. The normalized spacial score (nSPS) is 14.6. The molecule has 0 atom stereocenters. The second-order valence-electron chi connectivity index (χ2n) is 5.77. The first kappa shape index (κ1) is 17.7. The minimum absolute atomic E-state index is 0.154. The van der Waals surface area contributed by atoms with Crippen LogP contribution in [0.2, 0.25) is 0 Å². The lowest BCUT2D eigenvalue weighted by molar-refractivity contribution is -0.137. The fourth-order valence-corrected chi connectivity index (χ4v) is 3.14. The number of rotatable bonds is 3. The molecule has 2 heterocycles. The van der Waals surface area contributed by atoms with Crippen LogP contribution in [-0.2, 0) is 6.18 Å². The van der Waals surface area contributed by atoms with E-state index in [9.17, 15) is 18.0 Å². The lowest BCUT2D eigenvalue weighted by Gasteiger charge is -2.23. The average molecular weight is 414 g/mol. The SMILES string of the molecule is O=C(Nc1cc(C(F)(F)F)ccc1N1CCCC1)c1cncc(Br)c1. The second kappa shape index (κ2) is 7.03. The van der Waals surface area contributed by atoms with Crippen LogP contribution in [0, 0.1) is 0 Å². The quantitative estimate of drug-likeness (QED) is 0.791. The van der Waals surface area contributed by atoms with E-state index in [2.05, 4.69) is 26.2 Å². The number of nitrogens with zero attached hydrogens (tertiary/aromatic N) is 2. The summed E-state index contributed by atoms with van der Waals surface area (Å²) in [5, 5.41) is 2.60. The molecule has 1 aromatic heterocycles. The Morgan fingerprint density at radius 2 is 1.88 bits per heavy atom. The molecule has 0 bridgehead atoms. The van der Waals surface area contributed by atoms with Gasteiger partial charge in [-0.1, -0.05) is 0 Å². The van der Waals surface area contributed by atoms with Gasteiger partial charge in [-0.25, -0.2) is 0 Å². The molecule has 8 heteroatoms. The van der Waals surface area contributed by atoms with Gasteiger partial charge in [0.15, 0.2) is 0 Å². The largest absolute Gasteiger partial charge is 0.416 e. The van der Waals surface area contributed by atoms with Gasteiger partial charge < -0.3 is 10.2 Å². The first-order valence-electron chi connectivity index (χ1n) is 7.73. The molecule has 132 valence electrons. The highest BCUT2D eigenvalue weighted by Crippen LogP contribution is 2.36.